The quantitative estimate of drug-likeness (QED) is 0.632. The van der Waals surface area contributed by atoms with Crippen molar-refractivity contribution < 1.29 is 22.7 Å². The van der Waals surface area contributed by atoms with Crippen molar-refractivity contribution in [1.29, 1.82) is 0 Å². The van der Waals surface area contributed by atoms with Crippen LogP contribution in [0.4, 0.5) is 13.2 Å². The molecule has 18 heavy (non-hydrogen) atoms. The fraction of sp³-hybridized carbons (Fsp3) is 0.500. The molecular weight excluding hydrogens is 247 g/mol. The maximum absolute atomic E-state index is 11.8. The first-order chi connectivity index (χ1) is 8.37. The smallest absolute Gasteiger partial charge is 0.413 e. The lowest BCUT2D eigenvalue weighted by molar-refractivity contribution is -0.190. The number of hydroxylamine groups is 1. The minimum atomic E-state index is -4.32. The van der Waals surface area contributed by atoms with E-state index >= 15 is 0 Å². The Morgan fingerprint density at radius 2 is 2.00 bits per heavy atom. The van der Waals surface area contributed by atoms with Crippen LogP contribution in [-0.4, -0.2) is 18.9 Å². The van der Waals surface area contributed by atoms with Crippen molar-refractivity contribution in [2.75, 3.05) is 6.61 Å². The molecule has 0 unspecified atom stereocenters. The Bertz CT molecular complexity index is 367. The Hall–Kier alpha value is -1.27. The van der Waals surface area contributed by atoms with E-state index in [0.29, 0.717) is 5.75 Å². The third-order valence-corrected chi connectivity index (χ3v) is 1.88. The van der Waals surface area contributed by atoms with Gasteiger partial charge >= 0.3 is 6.18 Å². The summed E-state index contributed by atoms with van der Waals surface area (Å²) in [6.07, 6.45) is -4.27. The van der Waals surface area contributed by atoms with Crippen LogP contribution in [0.25, 0.3) is 0 Å². The van der Waals surface area contributed by atoms with Gasteiger partial charge in [0.25, 0.3) is 0 Å². The van der Waals surface area contributed by atoms with Gasteiger partial charge in [0.15, 0.2) is 6.61 Å². The molecule has 0 radical (unpaired) electrons. The van der Waals surface area contributed by atoms with E-state index in [1.807, 2.05) is 13.8 Å². The van der Waals surface area contributed by atoms with Crippen LogP contribution in [0.15, 0.2) is 24.3 Å². The van der Waals surface area contributed by atoms with Crippen molar-refractivity contribution in [2.24, 2.45) is 0 Å². The summed E-state index contributed by atoms with van der Waals surface area (Å²) in [4.78, 5) is 4.31. The van der Waals surface area contributed by atoms with Crippen LogP contribution in [0.5, 0.6) is 5.75 Å². The van der Waals surface area contributed by atoms with E-state index in [4.69, 9.17) is 4.74 Å². The van der Waals surface area contributed by atoms with Gasteiger partial charge in [-0.25, -0.2) is 0 Å². The van der Waals surface area contributed by atoms with Crippen molar-refractivity contribution in [2.45, 2.75) is 32.7 Å². The fourth-order valence-corrected chi connectivity index (χ4v) is 1.27. The van der Waals surface area contributed by atoms with Crippen molar-refractivity contribution in [3.63, 3.8) is 0 Å². The van der Waals surface area contributed by atoms with Gasteiger partial charge in [-0.15, -0.1) is 0 Å². The topological polar surface area (TPSA) is 30.5 Å². The van der Waals surface area contributed by atoms with E-state index < -0.39 is 12.8 Å². The number of ether oxygens (including phenoxy) is 1. The number of alkyl halides is 3. The number of nitrogens with one attached hydrogen (secondary N) is 1. The average molecular weight is 263 g/mol. The Morgan fingerprint density at radius 1 is 1.28 bits per heavy atom. The largest absolute Gasteiger partial charge is 0.491 e. The third-order valence-electron chi connectivity index (χ3n) is 1.88. The number of halogens is 3. The molecular formula is C12H16F3NO2. The fourth-order valence-electron chi connectivity index (χ4n) is 1.27. The van der Waals surface area contributed by atoms with E-state index in [1.165, 1.54) is 0 Å². The van der Waals surface area contributed by atoms with Crippen molar-refractivity contribution >= 4 is 0 Å². The standard InChI is InChI=1S/C12H16F3NO2/c1-9(2)18-11-5-3-4-10(6-11)7-16-17-8-12(13,14)15/h3-6,9,16H,7-8H2,1-2H3. The highest BCUT2D eigenvalue weighted by molar-refractivity contribution is 5.28. The van der Waals surface area contributed by atoms with Crippen molar-refractivity contribution in [3.05, 3.63) is 29.8 Å². The second-order valence-corrected chi connectivity index (χ2v) is 4.04. The second-order valence-electron chi connectivity index (χ2n) is 4.04. The molecule has 0 aromatic heterocycles. The molecule has 0 aliphatic heterocycles. The zero-order chi connectivity index (χ0) is 13.6. The molecule has 0 bridgehead atoms. The number of hydrogen-bond donors (Lipinski definition) is 1. The molecule has 0 saturated heterocycles. The first-order valence-electron chi connectivity index (χ1n) is 5.54. The van der Waals surface area contributed by atoms with Crippen LogP contribution in [0.1, 0.15) is 19.4 Å². The van der Waals surface area contributed by atoms with Crippen molar-refractivity contribution in [1.82, 2.24) is 5.48 Å². The Morgan fingerprint density at radius 3 is 2.61 bits per heavy atom. The van der Waals surface area contributed by atoms with Crippen LogP contribution in [0.2, 0.25) is 0 Å². The van der Waals surface area contributed by atoms with Crippen LogP contribution in [0.3, 0.4) is 0 Å². The van der Waals surface area contributed by atoms with E-state index in [9.17, 15) is 13.2 Å². The summed E-state index contributed by atoms with van der Waals surface area (Å²) >= 11 is 0. The maximum atomic E-state index is 11.8. The van der Waals surface area contributed by atoms with E-state index in [1.54, 1.807) is 24.3 Å². The lowest BCUT2D eigenvalue weighted by atomic mass is 10.2. The summed E-state index contributed by atoms with van der Waals surface area (Å²) in [5.41, 5.74) is 3.05. The molecule has 0 saturated carbocycles. The summed E-state index contributed by atoms with van der Waals surface area (Å²) in [5.74, 6) is 0.681. The summed E-state index contributed by atoms with van der Waals surface area (Å²) in [7, 11) is 0. The first kappa shape index (κ1) is 14.8. The summed E-state index contributed by atoms with van der Waals surface area (Å²) in [5, 5.41) is 0. The lowest BCUT2D eigenvalue weighted by Gasteiger charge is -2.12. The molecule has 0 fully saturated rings. The Balaban J connectivity index is 2.38. The molecule has 0 aliphatic rings. The van der Waals surface area contributed by atoms with Gasteiger partial charge in [0, 0.05) is 6.54 Å². The number of hydrogen-bond acceptors (Lipinski definition) is 3. The van der Waals surface area contributed by atoms with Gasteiger partial charge in [0.2, 0.25) is 0 Å². The molecule has 1 aromatic carbocycles. The highest BCUT2D eigenvalue weighted by Gasteiger charge is 2.27. The molecule has 0 heterocycles. The minimum absolute atomic E-state index is 0.0506. The molecule has 1 rings (SSSR count). The van der Waals surface area contributed by atoms with E-state index in [-0.39, 0.29) is 12.6 Å². The lowest BCUT2D eigenvalue weighted by Crippen LogP contribution is -2.24. The van der Waals surface area contributed by atoms with Gasteiger partial charge in [-0.3, -0.25) is 4.84 Å². The summed E-state index contributed by atoms with van der Waals surface area (Å²) in [6, 6.07) is 7.10. The van der Waals surface area contributed by atoms with Gasteiger partial charge in [0.1, 0.15) is 5.75 Å². The second kappa shape index (κ2) is 6.61. The molecule has 0 aliphatic carbocycles. The SMILES string of the molecule is CC(C)Oc1cccc(CNOCC(F)(F)F)c1. The first-order valence-corrected chi connectivity index (χ1v) is 5.54. The minimum Gasteiger partial charge on any atom is -0.491 e. The summed E-state index contributed by atoms with van der Waals surface area (Å²) < 4.78 is 40.9. The van der Waals surface area contributed by atoms with Gasteiger partial charge in [-0.1, -0.05) is 12.1 Å². The molecule has 0 spiro atoms. The third kappa shape index (κ3) is 6.46. The zero-order valence-corrected chi connectivity index (χ0v) is 10.3. The molecule has 102 valence electrons. The molecule has 1 aromatic rings. The molecule has 0 atom stereocenters. The molecule has 6 heteroatoms. The molecule has 1 N–H and O–H groups in total. The Kier molecular flexibility index (Phi) is 5.43. The highest BCUT2D eigenvalue weighted by Crippen LogP contribution is 2.16. The molecule has 0 amide bonds. The van der Waals surface area contributed by atoms with Crippen LogP contribution >= 0.6 is 0 Å². The average Bonchev–Trinajstić information content (AvgIpc) is 2.23. The van der Waals surface area contributed by atoms with Crippen LogP contribution in [-0.2, 0) is 11.4 Å². The van der Waals surface area contributed by atoms with Crippen LogP contribution < -0.4 is 10.2 Å². The predicted molar refractivity (Wildman–Crippen MR) is 61.1 cm³/mol. The van der Waals surface area contributed by atoms with Gasteiger partial charge in [0.05, 0.1) is 6.10 Å². The Labute approximate surface area is 104 Å². The van der Waals surface area contributed by atoms with E-state index in [2.05, 4.69) is 10.3 Å². The van der Waals surface area contributed by atoms with Crippen LogP contribution in [0, 0.1) is 0 Å². The highest BCUT2D eigenvalue weighted by atomic mass is 19.4. The summed E-state index contributed by atoms with van der Waals surface area (Å²) in [6.45, 7) is 2.68. The number of rotatable bonds is 6. The van der Waals surface area contributed by atoms with Gasteiger partial charge in [-0.05, 0) is 31.5 Å². The molecule has 3 nitrogen and oxygen atoms in total. The van der Waals surface area contributed by atoms with E-state index in [0.717, 1.165) is 5.56 Å². The van der Waals surface area contributed by atoms with Gasteiger partial charge < -0.3 is 4.74 Å². The zero-order valence-electron chi connectivity index (χ0n) is 10.3. The predicted octanol–water partition coefficient (Wildman–Crippen LogP) is 3.06. The van der Waals surface area contributed by atoms with Gasteiger partial charge in [-0.2, -0.15) is 18.7 Å². The maximum Gasteiger partial charge on any atom is 0.413 e. The monoisotopic (exact) mass is 263 g/mol. The normalized spacial score (nSPS) is 11.9. The number of benzene rings is 1. The van der Waals surface area contributed by atoms with Crippen molar-refractivity contribution in [3.8, 4) is 5.75 Å².